The predicted octanol–water partition coefficient (Wildman–Crippen LogP) is 0.307. The molecule has 0 bridgehead atoms. The number of carboxylic acids is 1. The van der Waals surface area contributed by atoms with E-state index in [4.69, 9.17) is 21.8 Å². The molecule has 54 valence electrons. The monoisotopic (exact) mass is 152 g/mol. The molecule has 0 saturated heterocycles. The zero-order valence-corrected chi connectivity index (χ0v) is 5.80. The Balaban J connectivity index is 3.72. The summed E-state index contributed by atoms with van der Waals surface area (Å²) in [6, 6.07) is 0. The lowest BCUT2D eigenvalue weighted by Gasteiger charge is -2.09. The summed E-state index contributed by atoms with van der Waals surface area (Å²) in [4.78, 5) is 10.1. The van der Waals surface area contributed by atoms with Gasteiger partial charge in [0.25, 0.3) is 0 Å². The quantitative estimate of drug-likeness (QED) is 0.573. The van der Waals surface area contributed by atoms with Crippen LogP contribution < -0.4 is 0 Å². The first-order valence-corrected chi connectivity index (χ1v) is 3.10. The number of hydrogen-bond acceptors (Lipinski definition) is 2. The number of aliphatic carboxylic acids is 1. The van der Waals surface area contributed by atoms with Gasteiger partial charge in [0, 0.05) is 5.88 Å². The molecular weight excluding hydrogens is 144 g/mol. The summed E-state index contributed by atoms with van der Waals surface area (Å²) in [5.74, 6) is -1.83. The predicted molar refractivity (Wildman–Crippen MR) is 33.5 cm³/mol. The molecule has 9 heavy (non-hydrogen) atoms. The van der Waals surface area contributed by atoms with Gasteiger partial charge in [0.15, 0.2) is 0 Å². The number of carboxylic acid groups (broad SMARTS) is 1. The highest BCUT2D eigenvalue weighted by molar-refractivity contribution is 6.18. The van der Waals surface area contributed by atoms with Crippen molar-refractivity contribution in [2.75, 3.05) is 5.88 Å². The van der Waals surface area contributed by atoms with Crippen molar-refractivity contribution in [1.82, 2.24) is 0 Å². The smallest absolute Gasteiger partial charge is 0.308 e. The summed E-state index contributed by atoms with van der Waals surface area (Å²) in [7, 11) is 0. The van der Waals surface area contributed by atoms with Gasteiger partial charge in [-0.15, -0.1) is 11.6 Å². The Kier molecular flexibility index (Phi) is 3.58. The third kappa shape index (κ3) is 2.67. The molecule has 0 fully saturated rings. The minimum absolute atomic E-state index is 0.0343. The molecule has 0 aliphatic rings. The van der Waals surface area contributed by atoms with E-state index in [9.17, 15) is 4.79 Å². The van der Waals surface area contributed by atoms with E-state index < -0.39 is 18.0 Å². The van der Waals surface area contributed by atoms with Gasteiger partial charge in [0.2, 0.25) is 0 Å². The third-order valence-corrected chi connectivity index (χ3v) is 1.44. The molecule has 3 nitrogen and oxygen atoms in total. The summed E-state index contributed by atoms with van der Waals surface area (Å²) in [6.07, 6.45) is -0.941. The van der Waals surface area contributed by atoms with Crippen molar-refractivity contribution in [1.29, 1.82) is 0 Å². The van der Waals surface area contributed by atoms with Gasteiger partial charge in [-0.1, -0.05) is 0 Å². The molecule has 0 amide bonds. The number of hydrogen-bond donors (Lipinski definition) is 2. The van der Waals surface area contributed by atoms with Crippen LogP contribution in [0.5, 0.6) is 0 Å². The molecule has 0 saturated carbocycles. The molecular formula is C5H9ClO3. The van der Waals surface area contributed by atoms with E-state index >= 15 is 0 Å². The zero-order valence-electron chi connectivity index (χ0n) is 5.04. The van der Waals surface area contributed by atoms with Gasteiger partial charge in [-0.2, -0.15) is 0 Å². The highest BCUT2D eigenvalue weighted by Crippen LogP contribution is 2.03. The van der Waals surface area contributed by atoms with Gasteiger partial charge < -0.3 is 10.2 Å². The largest absolute Gasteiger partial charge is 0.481 e. The van der Waals surface area contributed by atoms with Crippen molar-refractivity contribution in [2.24, 2.45) is 5.92 Å². The first kappa shape index (κ1) is 8.72. The topological polar surface area (TPSA) is 57.5 Å². The van der Waals surface area contributed by atoms with Crippen LogP contribution >= 0.6 is 11.6 Å². The average Bonchev–Trinajstić information content (AvgIpc) is 1.84. The second-order valence-electron chi connectivity index (χ2n) is 1.85. The van der Waals surface area contributed by atoms with E-state index in [2.05, 4.69) is 0 Å². The summed E-state index contributed by atoms with van der Waals surface area (Å²) in [6.45, 7) is 1.41. The Hall–Kier alpha value is -0.280. The van der Waals surface area contributed by atoms with Crippen molar-refractivity contribution < 1.29 is 15.0 Å². The second kappa shape index (κ2) is 3.69. The fourth-order valence-corrected chi connectivity index (χ4v) is 0.565. The van der Waals surface area contributed by atoms with Gasteiger partial charge in [-0.05, 0) is 6.92 Å². The van der Waals surface area contributed by atoms with Crippen LogP contribution in [0.2, 0.25) is 0 Å². The van der Waals surface area contributed by atoms with Crippen LogP contribution in [-0.2, 0) is 4.79 Å². The van der Waals surface area contributed by atoms with Gasteiger partial charge >= 0.3 is 5.97 Å². The molecule has 0 spiro atoms. The van der Waals surface area contributed by atoms with Gasteiger partial charge in [0.05, 0.1) is 12.0 Å². The maximum absolute atomic E-state index is 10.1. The molecule has 0 aromatic heterocycles. The Bertz CT molecular complexity index is 104. The lowest BCUT2D eigenvalue weighted by Crippen LogP contribution is -2.26. The fraction of sp³-hybridized carbons (Fsp3) is 0.800. The first-order chi connectivity index (χ1) is 4.09. The molecule has 4 heteroatoms. The van der Waals surface area contributed by atoms with Crippen molar-refractivity contribution >= 4 is 17.6 Å². The SMILES string of the molecule is C[C@@H](C(=O)O)C(O)CCl. The number of carbonyl (C=O) groups is 1. The molecule has 0 heterocycles. The van der Waals surface area contributed by atoms with E-state index in [1.165, 1.54) is 6.92 Å². The number of aliphatic hydroxyl groups excluding tert-OH is 1. The summed E-state index contributed by atoms with van der Waals surface area (Å²) in [5, 5.41) is 17.0. The standard InChI is InChI=1S/C5H9ClO3/c1-3(5(8)9)4(7)2-6/h3-4,7H,2H2,1H3,(H,8,9)/t3-,4?/m1/s1. The molecule has 0 aromatic rings. The Labute approximate surface area is 58.3 Å². The van der Waals surface area contributed by atoms with Crippen molar-refractivity contribution in [3.8, 4) is 0 Å². The lowest BCUT2D eigenvalue weighted by molar-refractivity contribution is -0.144. The van der Waals surface area contributed by atoms with Crippen molar-refractivity contribution in [3.05, 3.63) is 0 Å². The Morgan fingerprint density at radius 1 is 1.78 bits per heavy atom. The molecule has 2 atom stereocenters. The van der Waals surface area contributed by atoms with Crippen molar-refractivity contribution in [2.45, 2.75) is 13.0 Å². The maximum atomic E-state index is 10.1. The summed E-state index contributed by atoms with van der Waals surface area (Å²) in [5.41, 5.74) is 0. The van der Waals surface area contributed by atoms with Crippen LogP contribution in [0.3, 0.4) is 0 Å². The molecule has 0 rings (SSSR count). The summed E-state index contributed by atoms with van der Waals surface area (Å²) >= 11 is 5.18. The molecule has 0 aliphatic heterocycles. The highest BCUT2D eigenvalue weighted by atomic mass is 35.5. The van der Waals surface area contributed by atoms with Crippen LogP contribution in [0.4, 0.5) is 0 Å². The van der Waals surface area contributed by atoms with Crippen molar-refractivity contribution in [3.63, 3.8) is 0 Å². The Morgan fingerprint density at radius 3 is 2.33 bits per heavy atom. The summed E-state index contributed by atoms with van der Waals surface area (Å²) < 4.78 is 0. The van der Waals surface area contributed by atoms with Crippen LogP contribution in [0.1, 0.15) is 6.92 Å². The number of alkyl halides is 1. The molecule has 1 unspecified atom stereocenters. The van der Waals surface area contributed by atoms with E-state index in [1.807, 2.05) is 0 Å². The highest BCUT2D eigenvalue weighted by Gasteiger charge is 2.19. The van der Waals surface area contributed by atoms with Gasteiger partial charge in [0.1, 0.15) is 0 Å². The zero-order chi connectivity index (χ0) is 7.44. The van der Waals surface area contributed by atoms with Crippen LogP contribution in [0.15, 0.2) is 0 Å². The molecule has 2 N–H and O–H groups in total. The van der Waals surface area contributed by atoms with Crippen LogP contribution in [0, 0.1) is 5.92 Å². The normalized spacial score (nSPS) is 16.8. The van der Waals surface area contributed by atoms with Crippen LogP contribution in [0.25, 0.3) is 0 Å². The number of rotatable bonds is 3. The average molecular weight is 153 g/mol. The second-order valence-corrected chi connectivity index (χ2v) is 2.16. The number of aliphatic hydroxyl groups is 1. The fourth-order valence-electron chi connectivity index (χ4n) is 0.298. The van der Waals surface area contributed by atoms with E-state index in [-0.39, 0.29) is 5.88 Å². The third-order valence-electron chi connectivity index (χ3n) is 1.12. The van der Waals surface area contributed by atoms with Gasteiger partial charge in [-0.3, -0.25) is 4.79 Å². The van der Waals surface area contributed by atoms with E-state index in [0.717, 1.165) is 0 Å². The molecule has 0 radical (unpaired) electrons. The lowest BCUT2D eigenvalue weighted by atomic mass is 10.1. The Morgan fingerprint density at radius 2 is 2.22 bits per heavy atom. The minimum Gasteiger partial charge on any atom is -0.481 e. The molecule has 0 aromatic carbocycles. The molecule has 0 aliphatic carbocycles. The van der Waals surface area contributed by atoms with Crippen LogP contribution in [-0.4, -0.2) is 28.2 Å². The number of halogens is 1. The minimum atomic E-state index is -1.02. The maximum Gasteiger partial charge on any atom is 0.308 e. The first-order valence-electron chi connectivity index (χ1n) is 2.56. The van der Waals surface area contributed by atoms with E-state index in [0.29, 0.717) is 0 Å². The van der Waals surface area contributed by atoms with Gasteiger partial charge in [-0.25, -0.2) is 0 Å². The van der Waals surface area contributed by atoms with E-state index in [1.54, 1.807) is 0 Å².